The van der Waals surface area contributed by atoms with E-state index in [0.29, 0.717) is 0 Å². The molecule has 14 heteroatoms. The monoisotopic (exact) mass is 480 g/mol. The molecular formula is C17H10ClF9N2O2. The third-order valence-electron chi connectivity index (χ3n) is 3.48. The predicted molar refractivity (Wildman–Crippen MR) is 91.9 cm³/mol. The van der Waals surface area contributed by atoms with Gasteiger partial charge in [-0.15, -0.1) is 0 Å². The van der Waals surface area contributed by atoms with Crippen molar-refractivity contribution in [3.63, 3.8) is 0 Å². The Labute approximate surface area is 172 Å². The highest BCUT2D eigenvalue weighted by molar-refractivity contribution is 6.20. The molecule has 1 unspecified atom stereocenters. The van der Waals surface area contributed by atoms with Crippen LogP contribution in [0.15, 0.2) is 42.5 Å². The van der Waals surface area contributed by atoms with E-state index in [9.17, 15) is 44.3 Å². The summed E-state index contributed by atoms with van der Waals surface area (Å²) < 4.78 is 121. The van der Waals surface area contributed by atoms with Crippen LogP contribution in [0.4, 0.5) is 55.7 Å². The number of para-hydroxylation sites is 2. The minimum Gasteiger partial charge on any atom is -0.427 e. The van der Waals surface area contributed by atoms with Gasteiger partial charge in [-0.2, -0.15) is 35.1 Å². The average molecular weight is 481 g/mol. The molecule has 4 nitrogen and oxygen atoms in total. The van der Waals surface area contributed by atoms with Crippen molar-refractivity contribution in [1.82, 2.24) is 0 Å². The second kappa shape index (κ2) is 8.73. The Morgan fingerprint density at radius 1 is 0.871 bits per heavy atom. The van der Waals surface area contributed by atoms with Crippen molar-refractivity contribution in [1.29, 1.82) is 0 Å². The lowest BCUT2D eigenvalue weighted by atomic mass is 10.1. The van der Waals surface area contributed by atoms with E-state index in [-0.39, 0.29) is 18.2 Å². The minimum atomic E-state index is -5.15. The van der Waals surface area contributed by atoms with Crippen LogP contribution in [0.5, 0.6) is 5.75 Å². The Balaban J connectivity index is 2.28. The third-order valence-corrected chi connectivity index (χ3v) is 3.73. The lowest BCUT2D eigenvalue weighted by Gasteiger charge is -2.20. The molecule has 0 heterocycles. The number of hydrogen-bond donors (Lipinski definition) is 2. The van der Waals surface area contributed by atoms with Gasteiger partial charge >= 0.3 is 24.5 Å². The van der Waals surface area contributed by atoms with E-state index in [1.807, 2.05) is 5.32 Å². The summed E-state index contributed by atoms with van der Waals surface area (Å²) in [5.74, 6) is -0.772. The molecule has 0 saturated heterocycles. The van der Waals surface area contributed by atoms with Crippen molar-refractivity contribution >= 4 is 29.0 Å². The van der Waals surface area contributed by atoms with Crippen LogP contribution in [-0.4, -0.2) is 17.8 Å². The lowest BCUT2D eigenvalue weighted by Crippen LogP contribution is -2.33. The molecular weight excluding hydrogens is 471 g/mol. The van der Waals surface area contributed by atoms with E-state index >= 15 is 0 Å². The van der Waals surface area contributed by atoms with Gasteiger partial charge in [-0.1, -0.05) is 23.7 Å². The number of halogens is 10. The molecule has 0 aliphatic rings. The molecule has 2 aromatic rings. The predicted octanol–water partition coefficient (Wildman–Crippen LogP) is 6.87. The topological polar surface area (TPSA) is 50.4 Å². The average Bonchev–Trinajstić information content (AvgIpc) is 2.61. The summed E-state index contributed by atoms with van der Waals surface area (Å²) in [5.41, 5.74) is -8.00. The zero-order valence-corrected chi connectivity index (χ0v) is 15.5. The normalized spacial score (nSPS) is 13.5. The summed E-state index contributed by atoms with van der Waals surface area (Å²) in [7, 11) is 0. The molecule has 1 atom stereocenters. The highest BCUT2D eigenvalue weighted by Gasteiger charge is 2.42. The molecule has 0 spiro atoms. The number of amides is 2. The number of benzene rings is 2. The van der Waals surface area contributed by atoms with Gasteiger partial charge in [0.25, 0.3) is 5.63 Å². The first-order valence-electron chi connectivity index (χ1n) is 7.91. The zero-order chi connectivity index (χ0) is 23.6. The first-order valence-corrected chi connectivity index (χ1v) is 8.35. The second-order valence-electron chi connectivity index (χ2n) is 5.83. The van der Waals surface area contributed by atoms with Crippen LogP contribution >= 0.6 is 11.6 Å². The van der Waals surface area contributed by atoms with Gasteiger partial charge in [0.1, 0.15) is 5.75 Å². The van der Waals surface area contributed by atoms with Crippen LogP contribution in [0.2, 0.25) is 0 Å². The Hall–Kier alpha value is -2.83. The van der Waals surface area contributed by atoms with Gasteiger partial charge in [-0.05, 0) is 30.3 Å². The van der Waals surface area contributed by atoms with Gasteiger partial charge < -0.3 is 15.4 Å². The molecule has 2 rings (SSSR count). The van der Waals surface area contributed by atoms with E-state index in [4.69, 9.17) is 0 Å². The maximum atomic E-state index is 13.3. The fourth-order valence-electron chi connectivity index (χ4n) is 2.16. The highest BCUT2D eigenvalue weighted by atomic mass is 35.5. The number of hydrogen-bond acceptors (Lipinski definition) is 2. The third kappa shape index (κ3) is 6.57. The smallest absolute Gasteiger partial charge is 0.427 e. The maximum Gasteiger partial charge on any atom is 0.444 e. The highest BCUT2D eigenvalue weighted by Crippen LogP contribution is 2.38. The summed E-state index contributed by atoms with van der Waals surface area (Å²) in [5, 5.41) is 3.64. The molecule has 0 bridgehead atoms. The van der Waals surface area contributed by atoms with Gasteiger partial charge in [-0.3, -0.25) is 0 Å². The van der Waals surface area contributed by atoms with Gasteiger partial charge in [0.15, 0.2) is 0 Å². The van der Waals surface area contributed by atoms with Crippen molar-refractivity contribution < 1.29 is 49.0 Å². The molecule has 170 valence electrons. The SMILES string of the molecule is O=C(Nc1cc(C(F)(F)F)cc(C(F)(F)F)c1)Nc1ccccc1OC(F)(F)C(F)Cl. The van der Waals surface area contributed by atoms with Crippen molar-refractivity contribution in [3.8, 4) is 5.75 Å². The number of nitrogens with one attached hydrogen (secondary N) is 2. The van der Waals surface area contributed by atoms with E-state index in [0.717, 1.165) is 12.1 Å². The maximum absolute atomic E-state index is 13.3. The quantitative estimate of drug-likeness (QED) is 0.362. The van der Waals surface area contributed by atoms with Crippen molar-refractivity contribution in [2.75, 3.05) is 10.6 Å². The molecule has 0 aliphatic carbocycles. The van der Waals surface area contributed by atoms with Gasteiger partial charge in [-0.25, -0.2) is 9.18 Å². The summed E-state index contributed by atoms with van der Waals surface area (Å²) in [6, 6.07) is 3.22. The van der Waals surface area contributed by atoms with Crippen molar-refractivity contribution in [3.05, 3.63) is 53.6 Å². The summed E-state index contributed by atoms with van der Waals surface area (Å²) in [6.45, 7) is 0. The fourth-order valence-corrected chi connectivity index (χ4v) is 2.21. The van der Waals surface area contributed by atoms with Crippen LogP contribution in [0, 0.1) is 0 Å². The number of carbonyl (C=O) groups is 1. The Kier molecular flexibility index (Phi) is 6.88. The molecule has 2 N–H and O–H groups in total. The van der Waals surface area contributed by atoms with Crippen LogP contribution in [0.1, 0.15) is 11.1 Å². The van der Waals surface area contributed by atoms with Crippen molar-refractivity contribution in [2.45, 2.75) is 24.1 Å². The minimum absolute atomic E-state index is 0.145. The van der Waals surface area contributed by atoms with E-state index in [1.54, 1.807) is 5.32 Å². The number of carbonyl (C=O) groups excluding carboxylic acids is 1. The number of ether oxygens (including phenoxy) is 1. The molecule has 2 aromatic carbocycles. The summed E-state index contributed by atoms with van der Waals surface area (Å²) >= 11 is 4.66. The van der Waals surface area contributed by atoms with Gasteiger partial charge in [0.2, 0.25) is 0 Å². The largest absolute Gasteiger partial charge is 0.444 e. The van der Waals surface area contributed by atoms with E-state index in [1.165, 1.54) is 12.1 Å². The molecule has 2 amide bonds. The van der Waals surface area contributed by atoms with Gasteiger partial charge in [0.05, 0.1) is 16.8 Å². The molecule has 31 heavy (non-hydrogen) atoms. The van der Waals surface area contributed by atoms with E-state index in [2.05, 4.69) is 16.3 Å². The summed E-state index contributed by atoms with van der Waals surface area (Å²) in [6.07, 6.45) is -14.8. The van der Waals surface area contributed by atoms with Crippen LogP contribution in [0.3, 0.4) is 0 Å². The Morgan fingerprint density at radius 2 is 1.39 bits per heavy atom. The van der Waals surface area contributed by atoms with Gasteiger partial charge in [0, 0.05) is 5.69 Å². The number of anilines is 2. The molecule has 0 radical (unpaired) electrons. The lowest BCUT2D eigenvalue weighted by molar-refractivity contribution is -0.198. The van der Waals surface area contributed by atoms with Crippen molar-refractivity contribution in [2.24, 2.45) is 0 Å². The first kappa shape index (κ1) is 24.4. The molecule has 0 aromatic heterocycles. The molecule has 0 saturated carbocycles. The summed E-state index contributed by atoms with van der Waals surface area (Å²) in [4.78, 5) is 12.0. The zero-order valence-electron chi connectivity index (χ0n) is 14.7. The fraction of sp³-hybridized carbons (Fsp3) is 0.235. The van der Waals surface area contributed by atoms with E-state index < -0.39 is 58.4 Å². The first-order chi connectivity index (χ1) is 14.1. The van der Waals surface area contributed by atoms with Crippen LogP contribution in [0.25, 0.3) is 0 Å². The molecule has 0 aliphatic heterocycles. The number of urea groups is 1. The van der Waals surface area contributed by atoms with Crippen LogP contribution in [-0.2, 0) is 12.4 Å². The van der Waals surface area contributed by atoms with Crippen LogP contribution < -0.4 is 15.4 Å². The number of alkyl halides is 10. The Morgan fingerprint density at radius 3 is 1.87 bits per heavy atom. The Bertz CT molecular complexity index is 914. The molecule has 0 fully saturated rings. The standard InChI is InChI=1S/C17H10ClF9N2O2/c18-13(19)17(26,27)31-12-4-2-1-3-11(12)29-14(30)28-10-6-8(15(20,21)22)5-9(7-10)16(23,24)25/h1-7,13H,(H2,28,29,30). The number of rotatable bonds is 5. The second-order valence-corrected chi connectivity index (χ2v) is 6.22.